The van der Waals surface area contributed by atoms with Crippen molar-refractivity contribution in [2.45, 2.75) is 6.92 Å². The molecule has 0 spiro atoms. The summed E-state index contributed by atoms with van der Waals surface area (Å²) in [6, 6.07) is 6.38. The molecule has 1 aromatic heterocycles. The molecule has 0 saturated heterocycles. The first-order valence-corrected chi connectivity index (χ1v) is 3.88. The summed E-state index contributed by atoms with van der Waals surface area (Å²) in [5.41, 5.74) is 0.907. The van der Waals surface area contributed by atoms with Crippen LogP contribution in [0.3, 0.4) is 0 Å². The van der Waals surface area contributed by atoms with Gasteiger partial charge in [-0.25, -0.2) is 4.79 Å². The fraction of sp³-hybridized carbons (Fsp3) is 0.100. The molecule has 1 aromatic carbocycles. The number of rotatable bonds is 1. The van der Waals surface area contributed by atoms with Crippen LogP contribution < -0.4 is 5.63 Å². The minimum atomic E-state index is -0.392. The van der Waals surface area contributed by atoms with Gasteiger partial charge in [0, 0.05) is 17.5 Å². The Morgan fingerprint density at radius 3 is 3.08 bits per heavy atom. The molecule has 1 heterocycles. The van der Waals surface area contributed by atoms with E-state index in [9.17, 15) is 4.79 Å². The van der Waals surface area contributed by atoms with Crippen LogP contribution in [0.2, 0.25) is 0 Å². The highest BCUT2D eigenvalue weighted by Crippen LogP contribution is 2.20. The Labute approximate surface area is 75.7 Å². The minimum absolute atomic E-state index is 0.353. The number of phenols is 1. The zero-order valence-corrected chi connectivity index (χ0v) is 7.03. The predicted octanol–water partition coefficient (Wildman–Crippen LogP) is 1.81. The third kappa shape index (κ3) is 1.28. The van der Waals surface area contributed by atoms with Gasteiger partial charge in [-0.2, -0.15) is 0 Å². The lowest BCUT2D eigenvalue weighted by Crippen LogP contribution is -1.97. The average molecular weight is 177 g/mol. The van der Waals surface area contributed by atoms with Gasteiger partial charge in [0.1, 0.15) is 11.3 Å². The van der Waals surface area contributed by atoms with E-state index in [1.54, 1.807) is 12.1 Å². The summed E-state index contributed by atoms with van der Waals surface area (Å²) in [5, 5.41) is 5.14. The Hall–Kier alpha value is -1.77. The fourth-order valence-electron chi connectivity index (χ4n) is 1.31. The molecule has 0 unspecified atom stereocenters. The van der Waals surface area contributed by atoms with E-state index in [0.29, 0.717) is 11.3 Å². The lowest BCUT2D eigenvalue weighted by atomic mass is 10.1. The van der Waals surface area contributed by atoms with Gasteiger partial charge in [-0.1, -0.05) is 0 Å². The van der Waals surface area contributed by atoms with E-state index in [1.165, 1.54) is 12.1 Å². The highest BCUT2D eigenvalue weighted by molar-refractivity contribution is 5.81. The largest absolute Gasteiger partial charge is 0.508 e. The van der Waals surface area contributed by atoms with E-state index in [0.717, 1.165) is 10.9 Å². The summed E-state index contributed by atoms with van der Waals surface area (Å²) < 4.78 is 11.7. The SMILES string of the molecule is [2H]Oc1ccc2c(C)cc(=O)oc2c1. The second-order valence-electron chi connectivity index (χ2n) is 2.91. The summed E-state index contributed by atoms with van der Waals surface area (Å²) in [6.45, 7) is 1.83. The van der Waals surface area contributed by atoms with Crippen LogP contribution in [0.1, 0.15) is 5.56 Å². The lowest BCUT2D eigenvalue weighted by Gasteiger charge is -1.99. The highest BCUT2D eigenvalue weighted by atomic mass is 16.4. The molecular weight excluding hydrogens is 168 g/mol. The maximum atomic E-state index is 11.0. The van der Waals surface area contributed by atoms with Crippen molar-refractivity contribution in [1.29, 1.82) is 1.43 Å². The first-order valence-electron chi connectivity index (χ1n) is 4.29. The van der Waals surface area contributed by atoms with E-state index in [1.807, 2.05) is 6.92 Å². The molecule has 0 radical (unpaired) electrons. The lowest BCUT2D eigenvalue weighted by molar-refractivity contribution is 0.473. The van der Waals surface area contributed by atoms with Gasteiger partial charge in [0.05, 0.1) is 0 Å². The molecule has 0 fully saturated rings. The van der Waals surface area contributed by atoms with Crippen LogP contribution in [0.15, 0.2) is 33.5 Å². The van der Waals surface area contributed by atoms with E-state index >= 15 is 0 Å². The number of benzene rings is 1. The van der Waals surface area contributed by atoms with E-state index in [4.69, 9.17) is 5.85 Å². The maximum absolute atomic E-state index is 11.0. The first kappa shape index (κ1) is 6.71. The summed E-state index contributed by atoms with van der Waals surface area (Å²) >= 11 is 0. The number of fused-ring (bicyclic) bond motifs is 1. The molecule has 0 aliphatic heterocycles. The first-order chi connectivity index (χ1) is 6.70. The molecule has 66 valence electrons. The smallest absolute Gasteiger partial charge is 0.336 e. The van der Waals surface area contributed by atoms with Gasteiger partial charge in [0.2, 0.25) is 0 Å². The fourth-order valence-corrected chi connectivity index (χ4v) is 1.31. The van der Waals surface area contributed by atoms with E-state index in [2.05, 4.69) is 5.11 Å². The number of aryl methyl sites for hydroxylation is 1. The number of aromatic hydroxyl groups is 1. The number of phenolic OH excluding ortho intramolecular Hbond substituents is 1. The Balaban J connectivity index is 2.82. The molecule has 2 aromatic rings. The summed E-state index contributed by atoms with van der Waals surface area (Å²) in [7, 11) is 0. The van der Waals surface area contributed by atoms with Crippen molar-refractivity contribution in [2.24, 2.45) is 0 Å². The van der Waals surface area contributed by atoms with Gasteiger partial charge in [-0.05, 0) is 24.6 Å². The third-order valence-electron chi connectivity index (χ3n) is 1.92. The second kappa shape index (κ2) is 2.62. The molecule has 3 heteroatoms. The van der Waals surface area contributed by atoms with Crippen LogP contribution in [0.4, 0.5) is 0 Å². The predicted molar refractivity (Wildman–Crippen MR) is 48.9 cm³/mol. The van der Waals surface area contributed by atoms with Crippen LogP contribution in [0.5, 0.6) is 5.75 Å². The molecule has 0 saturated carbocycles. The van der Waals surface area contributed by atoms with Gasteiger partial charge in [-0.3, -0.25) is 0 Å². The van der Waals surface area contributed by atoms with Crippen LogP contribution >= 0.6 is 0 Å². The van der Waals surface area contributed by atoms with Crippen LogP contribution in [-0.2, 0) is 0 Å². The van der Waals surface area contributed by atoms with Crippen molar-refractivity contribution in [3.63, 3.8) is 0 Å². The van der Waals surface area contributed by atoms with Gasteiger partial charge in [-0.15, -0.1) is 0 Å². The van der Waals surface area contributed by atoms with Crippen molar-refractivity contribution in [2.75, 3.05) is 0 Å². The van der Waals surface area contributed by atoms with Gasteiger partial charge < -0.3 is 9.53 Å². The standard InChI is InChI=1S/C10H8O3/c1-6-4-10(12)13-9-5-7(11)2-3-8(6)9/h2-5,11H,1H3/i/hD. The second-order valence-corrected chi connectivity index (χ2v) is 2.91. The van der Waals surface area contributed by atoms with Crippen LogP contribution in [0, 0.1) is 6.92 Å². The van der Waals surface area contributed by atoms with E-state index in [-0.39, 0.29) is 0 Å². The average Bonchev–Trinajstić information content (AvgIpc) is 2.16. The molecule has 13 heavy (non-hydrogen) atoms. The van der Waals surface area contributed by atoms with Crippen molar-refractivity contribution >= 4 is 11.0 Å². The van der Waals surface area contributed by atoms with Crippen LogP contribution in [0.25, 0.3) is 11.0 Å². The Bertz CT molecular complexity index is 530. The van der Waals surface area contributed by atoms with Gasteiger partial charge in [0.15, 0.2) is 0 Å². The summed E-state index contributed by atoms with van der Waals surface area (Å²) in [5.74, 6) is 0.353. The molecule has 0 bridgehead atoms. The number of hydrogen-bond donors (Lipinski definition) is 1. The van der Waals surface area contributed by atoms with E-state index < -0.39 is 5.63 Å². The summed E-state index contributed by atoms with van der Waals surface area (Å²) in [4.78, 5) is 11.0. The molecule has 1 N–H and O–H groups in total. The maximum Gasteiger partial charge on any atom is 0.336 e. The molecule has 0 aliphatic rings. The molecule has 0 amide bonds. The van der Waals surface area contributed by atoms with Crippen molar-refractivity contribution in [3.05, 3.63) is 40.2 Å². The topological polar surface area (TPSA) is 50.4 Å². The number of hydrogen-bond acceptors (Lipinski definition) is 3. The van der Waals surface area contributed by atoms with Crippen LogP contribution in [-0.4, -0.2) is 6.54 Å². The normalized spacial score (nSPS) is 11.3. The Kier molecular flexibility index (Phi) is 1.35. The Morgan fingerprint density at radius 2 is 2.31 bits per heavy atom. The Morgan fingerprint density at radius 1 is 1.46 bits per heavy atom. The minimum Gasteiger partial charge on any atom is -0.508 e. The third-order valence-corrected chi connectivity index (χ3v) is 1.92. The molecule has 2 rings (SSSR count). The molecular formula is C10H8O3. The van der Waals surface area contributed by atoms with Gasteiger partial charge >= 0.3 is 5.63 Å². The van der Waals surface area contributed by atoms with Crippen molar-refractivity contribution in [3.8, 4) is 5.75 Å². The quantitative estimate of drug-likeness (QED) is 0.676. The van der Waals surface area contributed by atoms with Gasteiger partial charge in [0.25, 0.3) is 1.43 Å². The van der Waals surface area contributed by atoms with Crippen molar-refractivity contribution < 1.29 is 9.53 Å². The highest BCUT2D eigenvalue weighted by Gasteiger charge is 2.01. The molecule has 3 nitrogen and oxygen atoms in total. The zero-order valence-electron chi connectivity index (χ0n) is 8.03. The molecule has 0 atom stereocenters. The summed E-state index contributed by atoms with van der Waals surface area (Å²) in [6.07, 6.45) is 0. The van der Waals surface area contributed by atoms with Crippen molar-refractivity contribution in [1.82, 2.24) is 0 Å². The molecule has 0 aliphatic carbocycles. The zero-order chi connectivity index (χ0) is 10.1. The monoisotopic (exact) mass is 177 g/mol.